The van der Waals surface area contributed by atoms with E-state index in [2.05, 4.69) is 15.9 Å². The van der Waals surface area contributed by atoms with E-state index in [0.717, 1.165) is 17.0 Å². The third-order valence-electron chi connectivity index (χ3n) is 2.07. The van der Waals surface area contributed by atoms with Crippen molar-refractivity contribution in [2.45, 2.75) is 0 Å². The van der Waals surface area contributed by atoms with Crippen molar-refractivity contribution in [3.63, 3.8) is 0 Å². The summed E-state index contributed by atoms with van der Waals surface area (Å²) in [5.41, 5.74) is -0.260. The fourth-order valence-electron chi connectivity index (χ4n) is 1.36. The van der Waals surface area contributed by atoms with Gasteiger partial charge in [-0.15, -0.1) is 0 Å². The Labute approximate surface area is 97.4 Å². The maximum atomic E-state index is 13.5. The van der Waals surface area contributed by atoms with E-state index in [1.807, 2.05) is 5.32 Å². The number of nitrogens with one attached hydrogen (secondary N) is 1. The van der Waals surface area contributed by atoms with Crippen LogP contribution in [0.3, 0.4) is 0 Å². The average Bonchev–Trinajstić information content (AvgIpc) is 2.51. The molecule has 2 rings (SSSR count). The van der Waals surface area contributed by atoms with E-state index in [1.54, 1.807) is 0 Å². The molecule has 0 unspecified atom stereocenters. The first-order valence-electron chi connectivity index (χ1n) is 4.25. The normalized spacial score (nSPS) is 15.6. The quantitative estimate of drug-likeness (QED) is 0.633. The zero-order valence-electron chi connectivity index (χ0n) is 7.76. The van der Waals surface area contributed by atoms with Crippen LogP contribution < -0.4 is 10.2 Å². The number of benzene rings is 1. The van der Waals surface area contributed by atoms with Crippen LogP contribution in [0.4, 0.5) is 19.3 Å². The standard InChI is InChI=1S/C9H5BrF2N2O2/c10-4-1-6(12)7(2-5(4)11)14-3-8(15)13-9(14)16/h1-2H,3H2,(H,13,15,16). The molecule has 4 nitrogen and oxygen atoms in total. The van der Waals surface area contributed by atoms with Crippen molar-refractivity contribution >= 4 is 33.6 Å². The van der Waals surface area contributed by atoms with Gasteiger partial charge in [-0.1, -0.05) is 0 Å². The van der Waals surface area contributed by atoms with Gasteiger partial charge in [0.05, 0.1) is 10.2 Å². The van der Waals surface area contributed by atoms with Gasteiger partial charge in [0.15, 0.2) is 0 Å². The van der Waals surface area contributed by atoms with Gasteiger partial charge in [-0.05, 0) is 22.0 Å². The predicted octanol–water partition coefficient (Wildman–Crippen LogP) is 1.78. The van der Waals surface area contributed by atoms with Crippen molar-refractivity contribution in [3.05, 3.63) is 28.2 Å². The number of nitrogens with zero attached hydrogens (tertiary/aromatic N) is 1. The summed E-state index contributed by atoms with van der Waals surface area (Å²) >= 11 is 2.81. The van der Waals surface area contributed by atoms with Crippen LogP contribution in [0.15, 0.2) is 16.6 Å². The van der Waals surface area contributed by atoms with Crippen molar-refractivity contribution < 1.29 is 18.4 Å². The molecule has 1 fully saturated rings. The maximum absolute atomic E-state index is 13.5. The zero-order valence-corrected chi connectivity index (χ0v) is 9.35. The number of carbonyl (C=O) groups is 2. The first-order chi connectivity index (χ1) is 7.49. The molecule has 16 heavy (non-hydrogen) atoms. The monoisotopic (exact) mass is 290 g/mol. The molecule has 0 aliphatic carbocycles. The van der Waals surface area contributed by atoms with E-state index >= 15 is 0 Å². The van der Waals surface area contributed by atoms with E-state index in [1.165, 1.54) is 0 Å². The highest BCUT2D eigenvalue weighted by molar-refractivity contribution is 9.10. The van der Waals surface area contributed by atoms with Crippen LogP contribution in [0.1, 0.15) is 0 Å². The number of imide groups is 1. The molecule has 0 bridgehead atoms. The highest BCUT2D eigenvalue weighted by Gasteiger charge is 2.30. The fourth-order valence-corrected chi connectivity index (χ4v) is 1.67. The Kier molecular flexibility index (Phi) is 2.63. The van der Waals surface area contributed by atoms with E-state index < -0.39 is 23.6 Å². The minimum Gasteiger partial charge on any atom is -0.282 e. The Bertz CT molecular complexity index is 493. The molecule has 1 aromatic carbocycles. The summed E-state index contributed by atoms with van der Waals surface area (Å²) in [5.74, 6) is -2.03. The van der Waals surface area contributed by atoms with Gasteiger partial charge >= 0.3 is 6.03 Å². The molecule has 0 radical (unpaired) electrons. The van der Waals surface area contributed by atoms with Gasteiger partial charge in [-0.3, -0.25) is 15.0 Å². The second-order valence-corrected chi connectivity index (χ2v) is 4.01. The molecule has 84 valence electrons. The van der Waals surface area contributed by atoms with E-state index in [-0.39, 0.29) is 16.7 Å². The van der Waals surface area contributed by atoms with Gasteiger partial charge < -0.3 is 0 Å². The van der Waals surface area contributed by atoms with Crippen molar-refractivity contribution in [1.29, 1.82) is 0 Å². The molecule has 1 N–H and O–H groups in total. The first-order valence-corrected chi connectivity index (χ1v) is 5.04. The minimum atomic E-state index is -0.780. The average molecular weight is 291 g/mol. The Morgan fingerprint density at radius 3 is 2.50 bits per heavy atom. The van der Waals surface area contributed by atoms with Crippen LogP contribution >= 0.6 is 15.9 Å². The van der Waals surface area contributed by atoms with Crippen LogP contribution in [-0.2, 0) is 4.79 Å². The highest BCUT2D eigenvalue weighted by atomic mass is 79.9. The molecule has 1 aromatic rings. The van der Waals surface area contributed by atoms with Gasteiger partial charge in [-0.25, -0.2) is 13.6 Å². The molecular formula is C9H5BrF2N2O2. The molecule has 1 aliphatic rings. The molecule has 0 spiro atoms. The molecule has 0 atom stereocenters. The van der Waals surface area contributed by atoms with Crippen LogP contribution in [-0.4, -0.2) is 18.5 Å². The van der Waals surface area contributed by atoms with Gasteiger partial charge in [-0.2, -0.15) is 0 Å². The van der Waals surface area contributed by atoms with Crippen LogP contribution in [0, 0.1) is 11.6 Å². The minimum absolute atomic E-state index is 0.0420. The van der Waals surface area contributed by atoms with E-state index in [4.69, 9.17) is 0 Å². The first kappa shape index (κ1) is 11.0. The summed E-state index contributed by atoms with van der Waals surface area (Å²) in [5, 5.41) is 1.97. The van der Waals surface area contributed by atoms with E-state index in [9.17, 15) is 18.4 Å². The smallest absolute Gasteiger partial charge is 0.282 e. The van der Waals surface area contributed by atoms with Gasteiger partial charge in [0.25, 0.3) is 0 Å². The lowest BCUT2D eigenvalue weighted by atomic mass is 10.2. The van der Waals surface area contributed by atoms with Crippen molar-refractivity contribution in [2.75, 3.05) is 11.4 Å². The number of halogens is 3. The third-order valence-corrected chi connectivity index (χ3v) is 2.68. The van der Waals surface area contributed by atoms with Crippen molar-refractivity contribution in [1.82, 2.24) is 5.32 Å². The third kappa shape index (κ3) is 1.78. The van der Waals surface area contributed by atoms with Gasteiger partial charge in [0, 0.05) is 6.07 Å². The lowest BCUT2D eigenvalue weighted by Gasteiger charge is -2.14. The van der Waals surface area contributed by atoms with Gasteiger partial charge in [0.1, 0.15) is 18.2 Å². The maximum Gasteiger partial charge on any atom is 0.329 e. The Hall–Kier alpha value is -1.50. The highest BCUT2D eigenvalue weighted by Crippen LogP contribution is 2.27. The zero-order chi connectivity index (χ0) is 11.9. The van der Waals surface area contributed by atoms with Crippen LogP contribution in [0.2, 0.25) is 0 Å². The SMILES string of the molecule is O=C1CN(c2cc(F)c(Br)cc2F)C(=O)N1. The molecule has 7 heteroatoms. The number of anilines is 1. The second kappa shape index (κ2) is 3.82. The summed E-state index contributed by atoms with van der Waals surface area (Å²) in [4.78, 5) is 23.0. The number of hydrogen-bond acceptors (Lipinski definition) is 2. The molecule has 1 aliphatic heterocycles. The largest absolute Gasteiger partial charge is 0.329 e. The number of hydrogen-bond donors (Lipinski definition) is 1. The van der Waals surface area contributed by atoms with Crippen LogP contribution in [0.25, 0.3) is 0 Å². The number of rotatable bonds is 1. The lowest BCUT2D eigenvalue weighted by Crippen LogP contribution is -2.28. The van der Waals surface area contributed by atoms with E-state index in [0.29, 0.717) is 0 Å². The molecular weight excluding hydrogens is 286 g/mol. The molecule has 1 saturated heterocycles. The molecule has 1 heterocycles. The molecule has 3 amide bonds. The van der Waals surface area contributed by atoms with Gasteiger partial charge in [0.2, 0.25) is 5.91 Å². The van der Waals surface area contributed by atoms with Crippen LogP contribution in [0.5, 0.6) is 0 Å². The fraction of sp³-hybridized carbons (Fsp3) is 0.111. The Morgan fingerprint density at radius 2 is 1.94 bits per heavy atom. The summed E-state index contributed by atoms with van der Waals surface area (Å²) in [7, 11) is 0. The number of carbonyl (C=O) groups excluding carboxylic acids is 2. The van der Waals surface area contributed by atoms with Crippen molar-refractivity contribution in [3.8, 4) is 0 Å². The molecule has 0 saturated carbocycles. The topological polar surface area (TPSA) is 49.4 Å². The summed E-state index contributed by atoms with van der Waals surface area (Å²) in [6.07, 6.45) is 0. The summed E-state index contributed by atoms with van der Waals surface area (Å²) < 4.78 is 26.6. The summed E-state index contributed by atoms with van der Waals surface area (Å²) in [6, 6.07) is 1.00. The Balaban J connectivity index is 2.45. The molecule has 0 aromatic heterocycles. The number of urea groups is 1. The second-order valence-electron chi connectivity index (χ2n) is 3.16. The Morgan fingerprint density at radius 1 is 1.25 bits per heavy atom. The predicted molar refractivity (Wildman–Crippen MR) is 54.9 cm³/mol. The summed E-state index contributed by atoms with van der Waals surface area (Å²) in [6.45, 7) is -0.309. The lowest BCUT2D eigenvalue weighted by molar-refractivity contribution is -0.117. The van der Waals surface area contributed by atoms with Crippen molar-refractivity contribution in [2.24, 2.45) is 0 Å². The number of amides is 3.